The minimum atomic E-state index is -1.77. The summed E-state index contributed by atoms with van der Waals surface area (Å²) >= 11 is 10.7. The molecule has 5 heteroatoms. The number of halogens is 2. The summed E-state index contributed by atoms with van der Waals surface area (Å²) in [5, 5.41) is 2.31. The lowest BCUT2D eigenvalue weighted by Gasteiger charge is -2.38. The fourth-order valence-electron chi connectivity index (χ4n) is 2.33. The molecule has 1 nitrogen and oxygen atoms in total. The fraction of sp³-hybridized carbons (Fsp3) is 0.474. The number of thiophene rings is 1. The van der Waals surface area contributed by atoms with Gasteiger partial charge in [-0.3, -0.25) is 0 Å². The molecule has 0 bridgehead atoms. The third-order valence-electron chi connectivity index (χ3n) is 4.80. The second kappa shape index (κ2) is 8.21. The SMILES string of the molecule is CC(C)(C)[Si](C)(C)O[C@@H](/C=C/I)CCc1sc2ccccc2c1Cl. The van der Waals surface area contributed by atoms with Crippen molar-refractivity contribution in [1.29, 1.82) is 0 Å². The van der Waals surface area contributed by atoms with Crippen molar-refractivity contribution in [3.8, 4) is 0 Å². The maximum Gasteiger partial charge on any atom is 0.192 e. The maximum atomic E-state index is 6.59. The summed E-state index contributed by atoms with van der Waals surface area (Å²) in [5.74, 6) is 0. The molecule has 0 aliphatic heterocycles. The second-order valence-electron chi connectivity index (χ2n) is 7.61. The van der Waals surface area contributed by atoms with Crippen molar-refractivity contribution in [2.24, 2.45) is 0 Å². The first-order chi connectivity index (χ1) is 11.2. The number of benzene rings is 1. The molecular formula is C19H26ClIOSSi. The number of aryl methyl sites for hydroxylation is 1. The van der Waals surface area contributed by atoms with Gasteiger partial charge in [0.25, 0.3) is 0 Å². The lowest BCUT2D eigenvalue weighted by atomic mass is 10.1. The highest BCUT2D eigenvalue weighted by atomic mass is 127. The summed E-state index contributed by atoms with van der Waals surface area (Å²) in [6.07, 6.45) is 4.27. The van der Waals surface area contributed by atoms with Gasteiger partial charge in [-0.15, -0.1) is 11.3 Å². The van der Waals surface area contributed by atoms with Gasteiger partial charge in [0.2, 0.25) is 0 Å². The molecule has 0 unspecified atom stereocenters. The van der Waals surface area contributed by atoms with Crippen LogP contribution in [-0.2, 0) is 10.8 Å². The Morgan fingerprint density at radius 3 is 2.54 bits per heavy atom. The predicted molar refractivity (Wildman–Crippen MR) is 120 cm³/mol. The van der Waals surface area contributed by atoms with E-state index in [4.69, 9.17) is 16.0 Å². The number of hydrogen-bond donors (Lipinski definition) is 0. The van der Waals surface area contributed by atoms with Gasteiger partial charge in [-0.05, 0) is 41.1 Å². The Morgan fingerprint density at radius 1 is 1.29 bits per heavy atom. The van der Waals surface area contributed by atoms with Crippen molar-refractivity contribution in [1.82, 2.24) is 0 Å². The van der Waals surface area contributed by atoms with Crippen LogP contribution in [0.1, 0.15) is 32.1 Å². The van der Waals surface area contributed by atoms with E-state index >= 15 is 0 Å². The van der Waals surface area contributed by atoms with Crippen molar-refractivity contribution >= 4 is 63.9 Å². The van der Waals surface area contributed by atoms with Crippen LogP contribution in [0, 0.1) is 0 Å². The van der Waals surface area contributed by atoms with Crippen LogP contribution in [0.4, 0.5) is 0 Å². The molecule has 132 valence electrons. The van der Waals surface area contributed by atoms with Gasteiger partial charge in [-0.1, -0.05) is 79.2 Å². The third-order valence-corrected chi connectivity index (χ3v) is 11.5. The average molecular weight is 493 g/mol. The highest BCUT2D eigenvalue weighted by molar-refractivity contribution is 14.1. The molecule has 1 aromatic carbocycles. The lowest BCUT2D eigenvalue weighted by Crippen LogP contribution is -2.43. The van der Waals surface area contributed by atoms with E-state index in [1.807, 2.05) is 6.07 Å². The minimum Gasteiger partial charge on any atom is -0.411 e. The molecule has 1 atom stereocenters. The Morgan fingerprint density at radius 2 is 1.96 bits per heavy atom. The van der Waals surface area contributed by atoms with Crippen molar-refractivity contribution in [3.63, 3.8) is 0 Å². The highest BCUT2D eigenvalue weighted by Gasteiger charge is 2.38. The van der Waals surface area contributed by atoms with E-state index in [0.717, 1.165) is 17.9 Å². The lowest BCUT2D eigenvalue weighted by molar-refractivity contribution is 0.216. The van der Waals surface area contributed by atoms with Crippen molar-refractivity contribution in [3.05, 3.63) is 44.3 Å². The van der Waals surface area contributed by atoms with E-state index in [9.17, 15) is 0 Å². The third kappa shape index (κ3) is 4.85. The molecule has 2 aromatic rings. The molecule has 0 radical (unpaired) electrons. The number of fused-ring (bicyclic) bond motifs is 1. The smallest absolute Gasteiger partial charge is 0.192 e. The van der Waals surface area contributed by atoms with Crippen molar-refractivity contribution < 1.29 is 4.43 Å². The first-order valence-corrected chi connectivity index (χ1v) is 13.6. The van der Waals surface area contributed by atoms with Crippen LogP contribution >= 0.6 is 45.5 Å². The monoisotopic (exact) mass is 492 g/mol. The van der Waals surface area contributed by atoms with Crippen LogP contribution < -0.4 is 0 Å². The van der Waals surface area contributed by atoms with Gasteiger partial charge in [0.1, 0.15) is 0 Å². The van der Waals surface area contributed by atoms with Crippen molar-refractivity contribution in [2.75, 3.05) is 0 Å². The summed E-state index contributed by atoms with van der Waals surface area (Å²) in [4.78, 5) is 1.27. The summed E-state index contributed by atoms with van der Waals surface area (Å²) < 4.78 is 9.93. The average Bonchev–Trinajstić information content (AvgIpc) is 2.80. The van der Waals surface area contributed by atoms with Crippen molar-refractivity contribution in [2.45, 2.75) is 57.8 Å². The summed E-state index contributed by atoms with van der Waals surface area (Å²) in [5.41, 5.74) is 0. The van der Waals surface area contributed by atoms with Crippen LogP contribution in [-0.4, -0.2) is 14.4 Å². The van der Waals surface area contributed by atoms with Crippen LogP contribution in [0.5, 0.6) is 0 Å². The van der Waals surface area contributed by atoms with Gasteiger partial charge in [0.05, 0.1) is 11.1 Å². The molecule has 1 aromatic heterocycles. The Kier molecular flexibility index (Phi) is 6.99. The van der Waals surface area contributed by atoms with Gasteiger partial charge in [0.15, 0.2) is 8.32 Å². The van der Waals surface area contributed by atoms with Crippen LogP contribution in [0.3, 0.4) is 0 Å². The number of hydrogen-bond acceptors (Lipinski definition) is 2. The predicted octanol–water partition coefficient (Wildman–Crippen LogP) is 7.83. The molecule has 0 saturated heterocycles. The minimum absolute atomic E-state index is 0.157. The highest BCUT2D eigenvalue weighted by Crippen LogP contribution is 2.39. The largest absolute Gasteiger partial charge is 0.411 e. The summed E-state index contributed by atoms with van der Waals surface area (Å²) in [6, 6.07) is 8.36. The normalized spacial score (nSPS) is 14.6. The van der Waals surface area contributed by atoms with E-state index in [1.165, 1.54) is 15.0 Å². The molecular weight excluding hydrogens is 467 g/mol. The fourth-order valence-corrected chi connectivity index (χ4v) is 5.64. The zero-order valence-corrected chi connectivity index (χ0v) is 19.8. The second-order valence-corrected chi connectivity index (χ2v) is 14.6. The number of rotatable bonds is 6. The molecule has 0 amide bonds. The Labute approximate surface area is 169 Å². The van der Waals surface area contributed by atoms with E-state index in [-0.39, 0.29) is 11.1 Å². The van der Waals surface area contributed by atoms with Gasteiger partial charge in [-0.2, -0.15) is 0 Å². The van der Waals surface area contributed by atoms with E-state index in [2.05, 4.69) is 84.8 Å². The quantitative estimate of drug-likeness (QED) is 0.295. The Hall–Kier alpha value is 0.117. The van der Waals surface area contributed by atoms with Gasteiger partial charge < -0.3 is 4.43 Å². The molecule has 0 N–H and O–H groups in total. The Bertz CT molecular complexity index is 718. The van der Waals surface area contributed by atoms with Gasteiger partial charge in [0, 0.05) is 15.0 Å². The summed E-state index contributed by atoms with van der Waals surface area (Å²) in [6.45, 7) is 11.5. The molecule has 1 heterocycles. The topological polar surface area (TPSA) is 9.23 Å². The zero-order valence-electron chi connectivity index (χ0n) is 15.0. The van der Waals surface area contributed by atoms with E-state index < -0.39 is 8.32 Å². The molecule has 0 spiro atoms. The van der Waals surface area contributed by atoms with Crippen LogP contribution in [0.15, 0.2) is 34.4 Å². The molecule has 0 aliphatic rings. The first-order valence-electron chi connectivity index (χ1n) is 8.26. The molecule has 0 aliphatic carbocycles. The molecule has 0 fully saturated rings. The van der Waals surface area contributed by atoms with E-state index in [0.29, 0.717) is 0 Å². The Balaban J connectivity index is 2.12. The van der Waals surface area contributed by atoms with Crippen LogP contribution in [0.2, 0.25) is 23.2 Å². The zero-order chi connectivity index (χ0) is 18.0. The molecule has 0 saturated carbocycles. The first kappa shape index (κ1) is 20.4. The van der Waals surface area contributed by atoms with Crippen LogP contribution in [0.25, 0.3) is 10.1 Å². The summed E-state index contributed by atoms with van der Waals surface area (Å²) in [7, 11) is -1.77. The van der Waals surface area contributed by atoms with Gasteiger partial charge in [-0.25, -0.2) is 0 Å². The maximum absolute atomic E-state index is 6.59. The van der Waals surface area contributed by atoms with E-state index in [1.54, 1.807) is 11.3 Å². The van der Waals surface area contributed by atoms with Gasteiger partial charge >= 0.3 is 0 Å². The standard InChI is InChI=1S/C19H26ClIOSSi/c1-19(2,3)24(4,5)22-14(12-13-21)10-11-17-18(20)15-8-6-7-9-16(15)23-17/h6-9,12-14H,10-11H2,1-5H3/b13-12+/t14-/m1/s1. The molecule has 2 rings (SSSR count). The molecule has 24 heavy (non-hydrogen) atoms.